The van der Waals surface area contributed by atoms with Gasteiger partial charge < -0.3 is 16.0 Å². The van der Waals surface area contributed by atoms with Gasteiger partial charge in [-0.25, -0.2) is 0 Å². The second kappa shape index (κ2) is 7.25. The molecule has 0 radical (unpaired) electrons. The molecule has 1 aliphatic carbocycles. The Balaban J connectivity index is 1.66. The molecule has 1 amide bonds. The van der Waals surface area contributed by atoms with Crippen LogP contribution in [-0.2, 0) is 4.79 Å². The standard InChI is InChI=1S/C15H29N3O/c1-12-4-3-8-18(11-12)9-7-17-15(19)14-6-2-5-13(14)10-16/h12-14H,2-11,16H2,1H3,(H,17,19)/t12?,13-,14-/m1/s1. The molecule has 3 N–H and O–H groups in total. The Hall–Kier alpha value is -0.610. The number of hydrogen-bond acceptors (Lipinski definition) is 3. The first kappa shape index (κ1) is 14.8. The Labute approximate surface area is 117 Å². The molecule has 2 aliphatic rings. The van der Waals surface area contributed by atoms with Crippen LogP contribution < -0.4 is 11.1 Å². The molecule has 2 rings (SSSR count). The first-order valence-corrected chi connectivity index (χ1v) is 7.91. The van der Waals surface area contributed by atoms with E-state index < -0.39 is 0 Å². The van der Waals surface area contributed by atoms with Gasteiger partial charge in [-0.2, -0.15) is 0 Å². The molecule has 1 heterocycles. The average Bonchev–Trinajstić information content (AvgIpc) is 2.87. The van der Waals surface area contributed by atoms with E-state index in [9.17, 15) is 4.79 Å². The molecule has 0 bridgehead atoms. The van der Waals surface area contributed by atoms with E-state index >= 15 is 0 Å². The predicted octanol–water partition coefficient (Wildman–Crippen LogP) is 1.21. The third kappa shape index (κ3) is 4.18. The van der Waals surface area contributed by atoms with E-state index in [-0.39, 0.29) is 11.8 Å². The molecule has 4 heteroatoms. The molecular weight excluding hydrogens is 238 g/mol. The van der Waals surface area contributed by atoms with Crippen LogP contribution in [0.25, 0.3) is 0 Å². The zero-order chi connectivity index (χ0) is 13.7. The minimum atomic E-state index is 0.172. The molecule has 3 atom stereocenters. The van der Waals surface area contributed by atoms with Crippen LogP contribution in [0.4, 0.5) is 0 Å². The largest absolute Gasteiger partial charge is 0.355 e. The molecule has 2 fully saturated rings. The number of nitrogens with one attached hydrogen (secondary N) is 1. The van der Waals surface area contributed by atoms with Crippen molar-refractivity contribution in [3.05, 3.63) is 0 Å². The van der Waals surface area contributed by atoms with Gasteiger partial charge in [-0.15, -0.1) is 0 Å². The summed E-state index contributed by atoms with van der Waals surface area (Å²) < 4.78 is 0. The Morgan fingerprint density at radius 2 is 2.16 bits per heavy atom. The van der Waals surface area contributed by atoms with Gasteiger partial charge in [0.15, 0.2) is 0 Å². The number of carbonyl (C=O) groups excluding carboxylic acids is 1. The van der Waals surface area contributed by atoms with Gasteiger partial charge in [0.1, 0.15) is 0 Å². The van der Waals surface area contributed by atoms with Crippen LogP contribution in [0.15, 0.2) is 0 Å². The zero-order valence-corrected chi connectivity index (χ0v) is 12.2. The maximum absolute atomic E-state index is 12.1. The lowest BCUT2D eigenvalue weighted by Crippen LogP contribution is -2.42. The van der Waals surface area contributed by atoms with Crippen molar-refractivity contribution in [1.29, 1.82) is 0 Å². The van der Waals surface area contributed by atoms with Crippen LogP contribution in [0.3, 0.4) is 0 Å². The third-order valence-corrected chi connectivity index (χ3v) is 4.77. The van der Waals surface area contributed by atoms with Crippen molar-refractivity contribution in [3.63, 3.8) is 0 Å². The third-order valence-electron chi connectivity index (χ3n) is 4.77. The fourth-order valence-electron chi connectivity index (χ4n) is 3.62. The fraction of sp³-hybridized carbons (Fsp3) is 0.933. The summed E-state index contributed by atoms with van der Waals surface area (Å²) in [4.78, 5) is 14.6. The number of likely N-dealkylation sites (tertiary alicyclic amines) is 1. The van der Waals surface area contributed by atoms with E-state index in [0.717, 1.165) is 38.3 Å². The Morgan fingerprint density at radius 3 is 2.89 bits per heavy atom. The number of amides is 1. The Bertz CT molecular complexity index is 295. The topological polar surface area (TPSA) is 58.4 Å². The van der Waals surface area contributed by atoms with Crippen LogP contribution in [0.2, 0.25) is 0 Å². The lowest BCUT2D eigenvalue weighted by atomic mass is 9.95. The number of piperidine rings is 1. The monoisotopic (exact) mass is 267 g/mol. The first-order valence-electron chi connectivity index (χ1n) is 7.91. The molecule has 4 nitrogen and oxygen atoms in total. The summed E-state index contributed by atoms with van der Waals surface area (Å²) in [6.45, 7) is 7.13. The molecule has 1 saturated heterocycles. The number of hydrogen-bond donors (Lipinski definition) is 2. The number of nitrogens with two attached hydrogens (primary N) is 1. The highest BCUT2D eigenvalue weighted by molar-refractivity contribution is 5.79. The molecular formula is C15H29N3O. The Kier molecular flexibility index (Phi) is 5.64. The van der Waals surface area contributed by atoms with Crippen LogP contribution in [0.5, 0.6) is 0 Å². The predicted molar refractivity (Wildman–Crippen MR) is 77.7 cm³/mol. The number of nitrogens with zero attached hydrogens (tertiary/aromatic N) is 1. The van der Waals surface area contributed by atoms with Crippen molar-refractivity contribution in [2.75, 3.05) is 32.7 Å². The second-order valence-corrected chi connectivity index (χ2v) is 6.37. The quantitative estimate of drug-likeness (QED) is 0.787. The smallest absolute Gasteiger partial charge is 0.223 e. The van der Waals surface area contributed by atoms with Crippen molar-refractivity contribution < 1.29 is 4.79 Å². The average molecular weight is 267 g/mol. The Morgan fingerprint density at radius 1 is 1.32 bits per heavy atom. The van der Waals surface area contributed by atoms with Crippen LogP contribution in [0, 0.1) is 17.8 Å². The van der Waals surface area contributed by atoms with Crippen molar-refractivity contribution in [2.45, 2.75) is 39.0 Å². The van der Waals surface area contributed by atoms with Gasteiger partial charge in [0.05, 0.1) is 0 Å². The summed E-state index contributed by atoms with van der Waals surface area (Å²) in [7, 11) is 0. The summed E-state index contributed by atoms with van der Waals surface area (Å²) in [6, 6.07) is 0. The zero-order valence-electron chi connectivity index (χ0n) is 12.2. The molecule has 0 aromatic heterocycles. The molecule has 1 saturated carbocycles. The first-order chi connectivity index (χ1) is 9.20. The van der Waals surface area contributed by atoms with Crippen molar-refractivity contribution in [1.82, 2.24) is 10.2 Å². The van der Waals surface area contributed by atoms with Gasteiger partial charge in [-0.1, -0.05) is 13.3 Å². The minimum absolute atomic E-state index is 0.172. The maximum atomic E-state index is 12.1. The summed E-state index contributed by atoms with van der Waals surface area (Å²) in [5.41, 5.74) is 5.73. The van der Waals surface area contributed by atoms with E-state index in [4.69, 9.17) is 5.73 Å². The summed E-state index contributed by atoms with van der Waals surface area (Å²) in [5, 5.41) is 3.11. The van der Waals surface area contributed by atoms with Crippen LogP contribution in [-0.4, -0.2) is 43.5 Å². The van der Waals surface area contributed by atoms with Gasteiger partial charge in [-0.3, -0.25) is 4.79 Å². The van der Waals surface area contributed by atoms with E-state index in [0.29, 0.717) is 12.5 Å². The van der Waals surface area contributed by atoms with Gasteiger partial charge in [0, 0.05) is 25.6 Å². The minimum Gasteiger partial charge on any atom is -0.355 e. The van der Waals surface area contributed by atoms with Gasteiger partial charge >= 0.3 is 0 Å². The van der Waals surface area contributed by atoms with E-state index in [1.54, 1.807) is 0 Å². The molecule has 1 unspecified atom stereocenters. The SMILES string of the molecule is CC1CCCN(CCNC(=O)[C@@H]2CCC[C@@H]2CN)C1. The van der Waals surface area contributed by atoms with E-state index in [1.165, 1.54) is 25.9 Å². The number of carbonyl (C=O) groups is 1. The number of rotatable bonds is 5. The lowest BCUT2D eigenvalue weighted by Gasteiger charge is -2.31. The van der Waals surface area contributed by atoms with Crippen molar-refractivity contribution in [2.24, 2.45) is 23.5 Å². The molecule has 0 aromatic rings. The highest BCUT2D eigenvalue weighted by Crippen LogP contribution is 2.30. The highest BCUT2D eigenvalue weighted by atomic mass is 16.1. The molecule has 1 aliphatic heterocycles. The molecule has 0 aromatic carbocycles. The van der Waals surface area contributed by atoms with Crippen molar-refractivity contribution in [3.8, 4) is 0 Å². The van der Waals surface area contributed by atoms with E-state index in [1.807, 2.05) is 0 Å². The van der Waals surface area contributed by atoms with Crippen LogP contribution in [0.1, 0.15) is 39.0 Å². The van der Waals surface area contributed by atoms with Gasteiger partial charge in [0.25, 0.3) is 0 Å². The van der Waals surface area contributed by atoms with Crippen LogP contribution >= 0.6 is 0 Å². The van der Waals surface area contributed by atoms with Crippen molar-refractivity contribution >= 4 is 5.91 Å². The van der Waals surface area contributed by atoms with Gasteiger partial charge in [0.2, 0.25) is 5.91 Å². The molecule has 19 heavy (non-hydrogen) atoms. The summed E-state index contributed by atoms with van der Waals surface area (Å²) in [5.74, 6) is 1.62. The van der Waals surface area contributed by atoms with E-state index in [2.05, 4.69) is 17.1 Å². The lowest BCUT2D eigenvalue weighted by molar-refractivity contribution is -0.126. The highest BCUT2D eigenvalue weighted by Gasteiger charge is 2.31. The second-order valence-electron chi connectivity index (χ2n) is 6.37. The maximum Gasteiger partial charge on any atom is 0.223 e. The molecule has 110 valence electrons. The van der Waals surface area contributed by atoms with Gasteiger partial charge in [-0.05, 0) is 50.6 Å². The molecule has 0 spiro atoms. The fourth-order valence-corrected chi connectivity index (χ4v) is 3.62. The summed E-state index contributed by atoms with van der Waals surface area (Å²) in [6.07, 6.45) is 5.95. The normalized spacial score (nSPS) is 32.4. The summed E-state index contributed by atoms with van der Waals surface area (Å²) >= 11 is 0.